The highest BCUT2D eigenvalue weighted by molar-refractivity contribution is 6.03. The van der Waals surface area contributed by atoms with E-state index in [4.69, 9.17) is 16.2 Å². The summed E-state index contributed by atoms with van der Waals surface area (Å²) in [7, 11) is 0. The second kappa shape index (κ2) is 10.6. The number of hydrogen-bond acceptors (Lipinski definition) is 6. The van der Waals surface area contributed by atoms with E-state index in [1.807, 2.05) is 0 Å². The molecule has 0 radical (unpaired) electrons. The average Bonchev–Trinajstić information content (AvgIpc) is 3.21. The Balaban J connectivity index is 1.58. The molecule has 1 atom stereocenters. The lowest BCUT2D eigenvalue weighted by molar-refractivity contribution is -0.127. The first kappa shape index (κ1) is 26.8. The van der Waals surface area contributed by atoms with E-state index in [1.54, 1.807) is 43.0 Å². The zero-order valence-electron chi connectivity index (χ0n) is 21.0. The molecule has 1 saturated heterocycles. The number of anilines is 1. The van der Waals surface area contributed by atoms with Gasteiger partial charge < -0.3 is 26.2 Å². The number of aromatic nitrogens is 2. The topological polar surface area (TPSA) is 137 Å². The molecule has 5 N–H and O–H groups in total. The number of carbonyl (C=O) groups excluding carboxylic acids is 2. The van der Waals surface area contributed by atoms with E-state index in [0.717, 1.165) is 12.1 Å². The third kappa shape index (κ3) is 6.00. The van der Waals surface area contributed by atoms with Gasteiger partial charge >= 0.3 is 0 Å². The van der Waals surface area contributed by atoms with Gasteiger partial charge in [0, 0.05) is 30.8 Å². The number of primary amides is 1. The molecule has 2 amide bonds. The van der Waals surface area contributed by atoms with Crippen LogP contribution in [0.4, 0.5) is 14.6 Å². The van der Waals surface area contributed by atoms with Crippen molar-refractivity contribution < 1.29 is 28.2 Å². The standard InChI is InChI=1S/C27H29F2N5O4/c1-27(2,37)12-11-22(35)33-13-3-4-18(15-33)34-25(30)23(26(31)36)24(32-34)16-5-8-19(9-6-16)38-21-10-7-17(28)14-20(21)29/h5-12,14,18,37H,3-4,13,15,30H2,1-2H3,(H2,31,36)/t18-/m1/s1. The van der Waals surface area contributed by atoms with Crippen molar-refractivity contribution in [2.45, 2.75) is 38.3 Å². The van der Waals surface area contributed by atoms with Crippen molar-refractivity contribution in [3.05, 3.63) is 71.8 Å². The van der Waals surface area contributed by atoms with E-state index < -0.39 is 23.1 Å². The number of benzene rings is 2. The van der Waals surface area contributed by atoms with Gasteiger partial charge in [-0.1, -0.05) is 0 Å². The minimum atomic E-state index is -1.11. The highest BCUT2D eigenvalue weighted by Crippen LogP contribution is 2.33. The zero-order valence-corrected chi connectivity index (χ0v) is 21.0. The smallest absolute Gasteiger partial charge is 0.254 e. The lowest BCUT2D eigenvalue weighted by Gasteiger charge is -2.32. The summed E-state index contributed by atoms with van der Waals surface area (Å²) in [6.07, 6.45) is 4.15. The van der Waals surface area contributed by atoms with Crippen molar-refractivity contribution in [2.24, 2.45) is 5.73 Å². The summed E-state index contributed by atoms with van der Waals surface area (Å²) in [5.41, 5.74) is 11.7. The van der Waals surface area contributed by atoms with E-state index >= 15 is 0 Å². The predicted octanol–water partition coefficient (Wildman–Crippen LogP) is 3.79. The largest absolute Gasteiger partial charge is 0.454 e. The molecule has 200 valence electrons. The fourth-order valence-corrected chi connectivity index (χ4v) is 4.27. The van der Waals surface area contributed by atoms with E-state index in [0.29, 0.717) is 31.5 Å². The molecule has 4 rings (SSSR count). The fourth-order valence-electron chi connectivity index (χ4n) is 4.27. The van der Waals surface area contributed by atoms with Crippen LogP contribution in [0.2, 0.25) is 0 Å². The van der Waals surface area contributed by atoms with Gasteiger partial charge in [-0.2, -0.15) is 5.10 Å². The molecule has 9 nitrogen and oxygen atoms in total. The Morgan fingerprint density at radius 2 is 1.89 bits per heavy atom. The summed E-state index contributed by atoms with van der Waals surface area (Å²) in [5.74, 6) is -2.32. The summed E-state index contributed by atoms with van der Waals surface area (Å²) < 4.78 is 34.1. The van der Waals surface area contributed by atoms with Crippen LogP contribution < -0.4 is 16.2 Å². The molecule has 0 aliphatic carbocycles. The molecule has 38 heavy (non-hydrogen) atoms. The molecule has 1 aromatic heterocycles. The lowest BCUT2D eigenvalue weighted by Crippen LogP contribution is -2.40. The third-order valence-corrected chi connectivity index (χ3v) is 6.13. The van der Waals surface area contributed by atoms with Gasteiger partial charge in [0.25, 0.3) is 5.91 Å². The Kier molecular flexibility index (Phi) is 7.49. The number of ether oxygens (including phenoxy) is 1. The molecule has 2 heterocycles. The van der Waals surface area contributed by atoms with E-state index in [1.165, 1.54) is 22.9 Å². The van der Waals surface area contributed by atoms with E-state index in [2.05, 4.69) is 5.10 Å². The van der Waals surface area contributed by atoms with E-state index in [-0.39, 0.29) is 40.5 Å². The minimum Gasteiger partial charge on any atom is -0.454 e. The highest BCUT2D eigenvalue weighted by Gasteiger charge is 2.30. The molecule has 1 aliphatic heterocycles. The van der Waals surface area contributed by atoms with Gasteiger partial charge in [0.15, 0.2) is 11.6 Å². The number of rotatable bonds is 7. The number of amides is 2. The number of likely N-dealkylation sites (tertiary alicyclic amines) is 1. The maximum Gasteiger partial charge on any atom is 0.254 e. The number of carbonyl (C=O) groups is 2. The second-order valence-electron chi connectivity index (χ2n) is 9.69. The van der Waals surface area contributed by atoms with Crippen LogP contribution in [0.15, 0.2) is 54.6 Å². The average molecular weight is 526 g/mol. The molecular formula is C27H29F2N5O4. The van der Waals surface area contributed by atoms with Crippen LogP contribution in [-0.4, -0.2) is 50.3 Å². The highest BCUT2D eigenvalue weighted by atomic mass is 19.1. The summed E-state index contributed by atoms with van der Waals surface area (Å²) in [6.45, 7) is 4.01. The molecule has 1 fully saturated rings. The summed E-state index contributed by atoms with van der Waals surface area (Å²) in [4.78, 5) is 26.6. The maximum absolute atomic E-state index is 13.9. The van der Waals surface area contributed by atoms with Crippen molar-refractivity contribution >= 4 is 17.6 Å². The Hall–Kier alpha value is -4.25. The molecule has 0 unspecified atom stereocenters. The molecule has 0 saturated carbocycles. The number of piperidine rings is 1. The van der Waals surface area contributed by atoms with Gasteiger partial charge in [-0.25, -0.2) is 13.5 Å². The van der Waals surface area contributed by atoms with Gasteiger partial charge in [0.05, 0.1) is 11.6 Å². The number of nitrogen functional groups attached to an aromatic ring is 1. The normalized spacial score (nSPS) is 16.1. The van der Waals surface area contributed by atoms with Crippen molar-refractivity contribution in [3.63, 3.8) is 0 Å². The first-order chi connectivity index (χ1) is 17.9. The van der Waals surface area contributed by atoms with Gasteiger partial charge in [-0.15, -0.1) is 0 Å². The van der Waals surface area contributed by atoms with Crippen LogP contribution in [0.3, 0.4) is 0 Å². The Bertz CT molecular complexity index is 1380. The molecule has 0 spiro atoms. The number of nitrogens with zero attached hydrogens (tertiary/aromatic N) is 3. The molecule has 3 aromatic rings. The van der Waals surface area contributed by atoms with Crippen molar-refractivity contribution in [2.75, 3.05) is 18.8 Å². The van der Waals surface area contributed by atoms with Crippen LogP contribution >= 0.6 is 0 Å². The lowest BCUT2D eigenvalue weighted by atomic mass is 10.0. The van der Waals surface area contributed by atoms with Gasteiger partial charge in [-0.3, -0.25) is 9.59 Å². The van der Waals surface area contributed by atoms with Crippen LogP contribution in [0, 0.1) is 11.6 Å². The molecule has 0 bridgehead atoms. The second-order valence-corrected chi connectivity index (χ2v) is 9.69. The van der Waals surface area contributed by atoms with E-state index in [9.17, 15) is 23.5 Å². The van der Waals surface area contributed by atoms with Crippen molar-refractivity contribution in [1.82, 2.24) is 14.7 Å². The van der Waals surface area contributed by atoms with Crippen molar-refractivity contribution in [3.8, 4) is 22.8 Å². The molecule has 2 aromatic carbocycles. The number of aliphatic hydroxyl groups is 1. The Labute approximate surface area is 218 Å². The quantitative estimate of drug-likeness (QED) is 0.402. The van der Waals surface area contributed by atoms with Crippen LogP contribution in [0.25, 0.3) is 11.3 Å². The Morgan fingerprint density at radius 3 is 2.53 bits per heavy atom. The molecule has 11 heteroatoms. The number of nitrogens with two attached hydrogens (primary N) is 2. The SMILES string of the molecule is CC(C)(O)C=CC(=O)N1CCC[C@@H](n2nc(-c3ccc(Oc4ccc(F)cc4F)cc3)c(C(N)=O)c2N)C1. The molecule has 1 aliphatic rings. The van der Waals surface area contributed by atoms with Crippen LogP contribution in [-0.2, 0) is 4.79 Å². The van der Waals surface area contributed by atoms with Crippen molar-refractivity contribution in [1.29, 1.82) is 0 Å². The predicted molar refractivity (Wildman–Crippen MR) is 137 cm³/mol. The summed E-state index contributed by atoms with van der Waals surface area (Å²) in [6, 6.07) is 9.04. The Morgan fingerprint density at radius 1 is 1.18 bits per heavy atom. The van der Waals surface area contributed by atoms with Crippen LogP contribution in [0.1, 0.15) is 43.1 Å². The number of halogens is 2. The first-order valence-corrected chi connectivity index (χ1v) is 12.0. The minimum absolute atomic E-state index is 0.0497. The third-order valence-electron chi connectivity index (χ3n) is 6.13. The zero-order chi connectivity index (χ0) is 27.6. The first-order valence-electron chi connectivity index (χ1n) is 12.0. The fraction of sp³-hybridized carbons (Fsp3) is 0.296. The summed E-state index contributed by atoms with van der Waals surface area (Å²) in [5, 5.41) is 14.5. The van der Waals surface area contributed by atoms with Gasteiger partial charge in [-0.05, 0) is 69.2 Å². The summed E-state index contributed by atoms with van der Waals surface area (Å²) >= 11 is 0. The monoisotopic (exact) mass is 525 g/mol. The maximum atomic E-state index is 13.9. The van der Waals surface area contributed by atoms with Gasteiger partial charge in [0.2, 0.25) is 5.91 Å². The van der Waals surface area contributed by atoms with Gasteiger partial charge in [0.1, 0.15) is 28.6 Å². The molecular weight excluding hydrogens is 496 g/mol. The van der Waals surface area contributed by atoms with Crippen LogP contribution in [0.5, 0.6) is 11.5 Å². The number of hydrogen-bond donors (Lipinski definition) is 3.